The van der Waals surface area contributed by atoms with Crippen LogP contribution in [0.2, 0.25) is 0 Å². The summed E-state index contributed by atoms with van der Waals surface area (Å²) in [6.07, 6.45) is -0.144. The van der Waals surface area contributed by atoms with Gasteiger partial charge in [-0.25, -0.2) is 9.78 Å². The molecular weight excluding hydrogens is 246 g/mol. The molecule has 1 rings (SSSR count). The van der Waals surface area contributed by atoms with Crippen LogP contribution in [0.25, 0.3) is 0 Å². The van der Waals surface area contributed by atoms with Gasteiger partial charge in [-0.15, -0.1) is 11.3 Å². The summed E-state index contributed by atoms with van der Waals surface area (Å²) in [6, 6.07) is -1.14. The lowest BCUT2D eigenvalue weighted by Crippen LogP contribution is -2.41. The predicted molar refractivity (Wildman–Crippen MR) is 59.4 cm³/mol. The highest BCUT2D eigenvalue weighted by atomic mass is 32.1. The molecule has 1 heterocycles. The van der Waals surface area contributed by atoms with Crippen molar-refractivity contribution in [1.82, 2.24) is 10.3 Å². The summed E-state index contributed by atoms with van der Waals surface area (Å²) in [5, 5.41) is 12.6. The minimum atomic E-state index is -1.21. The monoisotopic (exact) mass is 257 g/mol. The number of hydrogen-bond acceptors (Lipinski definition) is 5. The highest BCUT2D eigenvalue weighted by molar-refractivity contribution is 7.07. The molecule has 0 unspecified atom stereocenters. The van der Waals surface area contributed by atoms with Crippen LogP contribution < -0.4 is 11.1 Å². The van der Waals surface area contributed by atoms with Gasteiger partial charge in [-0.2, -0.15) is 0 Å². The van der Waals surface area contributed by atoms with Gasteiger partial charge >= 0.3 is 5.97 Å². The largest absolute Gasteiger partial charge is 0.480 e. The second kappa shape index (κ2) is 5.94. The molecule has 17 heavy (non-hydrogen) atoms. The zero-order valence-electron chi connectivity index (χ0n) is 8.75. The van der Waals surface area contributed by atoms with Crippen molar-refractivity contribution in [3.63, 3.8) is 0 Å². The Kier molecular flexibility index (Phi) is 4.58. The highest BCUT2D eigenvalue weighted by Crippen LogP contribution is 2.03. The molecule has 1 aromatic rings. The van der Waals surface area contributed by atoms with Gasteiger partial charge in [0.05, 0.1) is 5.51 Å². The SMILES string of the molecule is NC(=O)CC[C@H](NC(=O)c1cscn1)C(=O)O. The van der Waals surface area contributed by atoms with Crippen LogP contribution >= 0.6 is 11.3 Å². The third-order valence-corrected chi connectivity index (χ3v) is 2.53. The molecule has 0 aliphatic rings. The lowest BCUT2D eigenvalue weighted by molar-refractivity contribution is -0.139. The van der Waals surface area contributed by atoms with Gasteiger partial charge in [0.25, 0.3) is 5.91 Å². The van der Waals surface area contributed by atoms with E-state index in [9.17, 15) is 14.4 Å². The zero-order valence-corrected chi connectivity index (χ0v) is 9.57. The number of nitrogens with two attached hydrogens (primary N) is 1. The Balaban J connectivity index is 2.58. The Morgan fingerprint density at radius 2 is 2.24 bits per heavy atom. The van der Waals surface area contributed by atoms with Crippen molar-refractivity contribution < 1.29 is 19.5 Å². The van der Waals surface area contributed by atoms with E-state index in [1.54, 1.807) is 0 Å². The fraction of sp³-hybridized carbons (Fsp3) is 0.333. The number of thiazole rings is 1. The Bertz CT molecular complexity index is 418. The van der Waals surface area contributed by atoms with E-state index in [1.807, 2.05) is 0 Å². The number of nitrogens with zero attached hydrogens (tertiary/aromatic N) is 1. The standard InChI is InChI=1S/C9H11N3O4S/c10-7(13)2-1-5(9(15)16)12-8(14)6-3-17-4-11-6/h3-5H,1-2H2,(H2,10,13)(H,12,14)(H,15,16)/t5-/m0/s1. The van der Waals surface area contributed by atoms with E-state index in [2.05, 4.69) is 10.3 Å². The molecule has 0 radical (unpaired) electrons. The number of primary amides is 1. The van der Waals surface area contributed by atoms with E-state index >= 15 is 0 Å². The quantitative estimate of drug-likeness (QED) is 0.639. The van der Waals surface area contributed by atoms with Crippen molar-refractivity contribution in [2.45, 2.75) is 18.9 Å². The maximum Gasteiger partial charge on any atom is 0.326 e. The zero-order chi connectivity index (χ0) is 12.8. The Hall–Kier alpha value is -1.96. The molecule has 8 heteroatoms. The number of carbonyl (C=O) groups is 3. The second-order valence-electron chi connectivity index (χ2n) is 3.24. The molecule has 0 saturated heterocycles. The van der Waals surface area contributed by atoms with Gasteiger partial charge in [0.2, 0.25) is 5.91 Å². The van der Waals surface area contributed by atoms with Gasteiger partial charge in [0.15, 0.2) is 0 Å². The first kappa shape index (κ1) is 13.1. The van der Waals surface area contributed by atoms with Gasteiger partial charge in [-0.05, 0) is 6.42 Å². The lowest BCUT2D eigenvalue weighted by Gasteiger charge is -2.12. The first-order valence-corrected chi connectivity index (χ1v) is 5.65. The number of carboxylic acids is 1. The van der Waals surface area contributed by atoms with Gasteiger partial charge in [0, 0.05) is 11.8 Å². The molecule has 7 nitrogen and oxygen atoms in total. The van der Waals surface area contributed by atoms with Crippen molar-refractivity contribution in [2.24, 2.45) is 5.73 Å². The van der Waals surface area contributed by atoms with Crippen LogP contribution in [0.5, 0.6) is 0 Å². The molecule has 92 valence electrons. The van der Waals surface area contributed by atoms with Crippen molar-refractivity contribution in [1.29, 1.82) is 0 Å². The van der Waals surface area contributed by atoms with Crippen LogP contribution in [0.15, 0.2) is 10.9 Å². The number of carbonyl (C=O) groups excluding carboxylic acids is 2. The number of rotatable bonds is 6. The number of amides is 2. The molecule has 1 atom stereocenters. The summed E-state index contributed by atoms with van der Waals surface area (Å²) in [5.74, 6) is -2.41. The summed E-state index contributed by atoms with van der Waals surface area (Å²) < 4.78 is 0. The molecule has 0 saturated carbocycles. The lowest BCUT2D eigenvalue weighted by atomic mass is 10.1. The van der Waals surface area contributed by atoms with Gasteiger partial charge < -0.3 is 16.2 Å². The first-order valence-electron chi connectivity index (χ1n) is 4.71. The number of aliphatic carboxylic acids is 1. The number of hydrogen-bond donors (Lipinski definition) is 3. The fourth-order valence-corrected chi connectivity index (χ4v) is 1.63. The van der Waals surface area contributed by atoms with E-state index in [1.165, 1.54) is 22.2 Å². The van der Waals surface area contributed by atoms with Crippen molar-refractivity contribution in [3.8, 4) is 0 Å². The Labute approximate surface area is 101 Å². The minimum Gasteiger partial charge on any atom is -0.480 e. The van der Waals surface area contributed by atoms with E-state index in [-0.39, 0.29) is 18.5 Å². The number of aromatic nitrogens is 1. The van der Waals surface area contributed by atoms with Crippen molar-refractivity contribution in [2.75, 3.05) is 0 Å². The molecule has 0 fully saturated rings. The molecule has 0 bridgehead atoms. The van der Waals surface area contributed by atoms with Crippen LogP contribution in [0.1, 0.15) is 23.3 Å². The molecule has 0 aromatic carbocycles. The van der Waals surface area contributed by atoms with Crippen LogP contribution in [0, 0.1) is 0 Å². The molecule has 2 amide bonds. The summed E-state index contributed by atoms with van der Waals surface area (Å²) in [5.41, 5.74) is 6.53. The molecule has 0 aliphatic heterocycles. The molecule has 0 aliphatic carbocycles. The van der Waals surface area contributed by atoms with Gasteiger partial charge in [-0.1, -0.05) is 0 Å². The van der Waals surface area contributed by atoms with Crippen LogP contribution in [-0.2, 0) is 9.59 Å². The maximum atomic E-state index is 11.5. The Morgan fingerprint density at radius 3 is 2.71 bits per heavy atom. The van der Waals surface area contributed by atoms with Crippen molar-refractivity contribution >= 4 is 29.1 Å². The molecule has 1 aromatic heterocycles. The summed E-state index contributed by atoms with van der Waals surface area (Å²) >= 11 is 1.23. The molecule has 0 spiro atoms. The number of carboxylic acid groups (broad SMARTS) is 1. The maximum absolute atomic E-state index is 11.5. The van der Waals surface area contributed by atoms with Crippen LogP contribution in [-0.4, -0.2) is 33.9 Å². The smallest absolute Gasteiger partial charge is 0.326 e. The fourth-order valence-electron chi connectivity index (χ4n) is 1.10. The summed E-state index contributed by atoms with van der Waals surface area (Å²) in [6.45, 7) is 0. The minimum absolute atomic E-state index is 0.0411. The molecular formula is C9H11N3O4S. The average molecular weight is 257 g/mol. The Morgan fingerprint density at radius 1 is 1.53 bits per heavy atom. The molecule has 4 N–H and O–H groups in total. The summed E-state index contributed by atoms with van der Waals surface area (Å²) in [7, 11) is 0. The normalized spacial score (nSPS) is 11.8. The van der Waals surface area contributed by atoms with Gasteiger partial charge in [-0.3, -0.25) is 9.59 Å². The van der Waals surface area contributed by atoms with Gasteiger partial charge in [0.1, 0.15) is 11.7 Å². The number of nitrogens with one attached hydrogen (secondary N) is 1. The van der Waals surface area contributed by atoms with Crippen LogP contribution in [0.3, 0.4) is 0 Å². The average Bonchev–Trinajstić information content (AvgIpc) is 2.76. The van der Waals surface area contributed by atoms with Crippen LogP contribution in [0.4, 0.5) is 0 Å². The third-order valence-electron chi connectivity index (χ3n) is 1.95. The van der Waals surface area contributed by atoms with E-state index in [0.29, 0.717) is 0 Å². The first-order chi connectivity index (χ1) is 8.00. The predicted octanol–water partition coefficient (Wildman–Crippen LogP) is -0.408. The van der Waals surface area contributed by atoms with E-state index < -0.39 is 23.8 Å². The topological polar surface area (TPSA) is 122 Å². The van der Waals surface area contributed by atoms with Crippen molar-refractivity contribution in [3.05, 3.63) is 16.6 Å². The summed E-state index contributed by atoms with van der Waals surface area (Å²) in [4.78, 5) is 36.6. The van der Waals surface area contributed by atoms with E-state index in [0.717, 1.165) is 0 Å². The van der Waals surface area contributed by atoms with E-state index in [4.69, 9.17) is 10.8 Å². The highest BCUT2D eigenvalue weighted by Gasteiger charge is 2.21. The third kappa shape index (κ3) is 4.19. The second-order valence-corrected chi connectivity index (χ2v) is 3.96.